The van der Waals surface area contributed by atoms with Crippen LogP contribution in [0.25, 0.3) is 0 Å². The largest absolute Gasteiger partial charge is 0.457 e. The Labute approximate surface area is 219 Å². The lowest BCUT2D eigenvalue weighted by Gasteiger charge is -2.24. The van der Waals surface area contributed by atoms with E-state index < -0.39 is 6.04 Å². The van der Waals surface area contributed by atoms with E-state index >= 15 is 0 Å². The molecule has 1 aliphatic rings. The van der Waals surface area contributed by atoms with Gasteiger partial charge in [0.25, 0.3) is 0 Å². The molecule has 10 heteroatoms. The number of amides is 2. The molecule has 0 bridgehead atoms. The van der Waals surface area contributed by atoms with Gasteiger partial charge in [-0.1, -0.05) is 30.3 Å². The van der Waals surface area contributed by atoms with Gasteiger partial charge in [0, 0.05) is 24.8 Å². The molecule has 1 aromatic heterocycles. The molecule has 0 saturated carbocycles. The molecule has 2 heterocycles. The van der Waals surface area contributed by atoms with Crippen molar-refractivity contribution in [1.29, 1.82) is 0 Å². The molecule has 5 rings (SSSR count). The van der Waals surface area contributed by atoms with Gasteiger partial charge in [-0.15, -0.1) is 0 Å². The zero-order valence-corrected chi connectivity index (χ0v) is 20.5. The number of halogens is 1. The summed E-state index contributed by atoms with van der Waals surface area (Å²) < 4.78 is 20.3. The number of nitrogens with zero attached hydrogens (tertiary/aromatic N) is 4. The maximum absolute atomic E-state index is 13.3. The fraction of sp³-hybridized carbons (Fsp3) is 0.214. The van der Waals surface area contributed by atoms with E-state index in [1.54, 1.807) is 29.2 Å². The normalized spacial score (nSPS) is 16.8. The highest BCUT2D eigenvalue weighted by Crippen LogP contribution is 2.25. The van der Waals surface area contributed by atoms with Gasteiger partial charge in [-0.2, -0.15) is 5.10 Å². The van der Waals surface area contributed by atoms with E-state index in [0.717, 1.165) is 5.56 Å². The van der Waals surface area contributed by atoms with Gasteiger partial charge in [-0.3, -0.25) is 9.59 Å². The molecule has 1 unspecified atom stereocenters. The van der Waals surface area contributed by atoms with Crippen molar-refractivity contribution >= 4 is 17.5 Å². The summed E-state index contributed by atoms with van der Waals surface area (Å²) in [5, 5.41) is 10.4. The molecule has 4 aromatic rings. The third-order valence-electron chi connectivity index (χ3n) is 6.30. The lowest BCUT2D eigenvalue weighted by Crippen LogP contribution is -2.44. The van der Waals surface area contributed by atoms with E-state index in [1.165, 1.54) is 41.6 Å². The number of likely N-dealkylation sites (tertiary alicyclic amines) is 1. The van der Waals surface area contributed by atoms with Crippen molar-refractivity contribution < 1.29 is 18.7 Å². The molecule has 2 N–H and O–H groups in total. The third-order valence-corrected chi connectivity index (χ3v) is 6.30. The highest BCUT2D eigenvalue weighted by Gasteiger charge is 2.39. The van der Waals surface area contributed by atoms with Gasteiger partial charge < -0.3 is 20.3 Å². The van der Waals surface area contributed by atoms with Crippen molar-refractivity contribution in [3.8, 4) is 11.5 Å². The Morgan fingerprint density at radius 1 is 0.974 bits per heavy atom. The zero-order valence-electron chi connectivity index (χ0n) is 20.5. The van der Waals surface area contributed by atoms with Crippen LogP contribution in [0.15, 0.2) is 91.5 Å². The Kier molecular flexibility index (Phi) is 7.70. The van der Waals surface area contributed by atoms with Crippen molar-refractivity contribution in [3.05, 3.63) is 103 Å². The molecule has 1 fully saturated rings. The molecule has 0 spiro atoms. The Hall–Kier alpha value is -4.57. The molecule has 0 aliphatic carbocycles. The second-order valence-electron chi connectivity index (χ2n) is 9.02. The second kappa shape index (κ2) is 11.7. The first-order valence-electron chi connectivity index (χ1n) is 12.3. The zero-order chi connectivity index (χ0) is 26.3. The number of rotatable bonds is 9. The van der Waals surface area contributed by atoms with E-state index in [0.29, 0.717) is 36.7 Å². The van der Waals surface area contributed by atoms with Crippen LogP contribution in [0.5, 0.6) is 11.5 Å². The number of carbonyl (C=O) groups is 2. The number of anilines is 1. The van der Waals surface area contributed by atoms with Crippen LogP contribution in [-0.2, 0) is 22.7 Å². The Morgan fingerprint density at radius 2 is 1.68 bits per heavy atom. The molecule has 194 valence electrons. The number of benzene rings is 3. The van der Waals surface area contributed by atoms with Crippen molar-refractivity contribution in [2.45, 2.75) is 31.6 Å². The summed E-state index contributed by atoms with van der Waals surface area (Å²) in [5.74, 6) is 0.236. The highest BCUT2D eigenvalue weighted by atomic mass is 19.1. The third kappa shape index (κ3) is 6.40. The van der Waals surface area contributed by atoms with Gasteiger partial charge in [-0.05, 0) is 60.5 Å². The number of hydrogen-bond acceptors (Lipinski definition) is 6. The highest BCUT2D eigenvalue weighted by molar-refractivity contribution is 5.97. The van der Waals surface area contributed by atoms with Crippen LogP contribution >= 0.6 is 0 Å². The van der Waals surface area contributed by atoms with Crippen LogP contribution in [-0.4, -0.2) is 50.1 Å². The minimum Gasteiger partial charge on any atom is -0.457 e. The van der Waals surface area contributed by atoms with Crippen molar-refractivity contribution in [3.63, 3.8) is 0 Å². The summed E-state index contributed by atoms with van der Waals surface area (Å²) in [4.78, 5) is 31.9. The fourth-order valence-corrected chi connectivity index (χ4v) is 4.38. The monoisotopic (exact) mass is 514 g/mol. The van der Waals surface area contributed by atoms with Crippen LogP contribution in [0.4, 0.5) is 10.1 Å². The van der Waals surface area contributed by atoms with Gasteiger partial charge in [0.15, 0.2) is 0 Å². The first-order valence-corrected chi connectivity index (χ1v) is 12.3. The SMILES string of the molecule is O=C(Nc1ccc(Oc2ccc(F)cc2)cc1)[C@@H]1CC(NCc2ccccc2)CN1C(=O)Cn1cncn1. The molecule has 1 aliphatic heterocycles. The second-order valence-corrected chi connectivity index (χ2v) is 9.02. The van der Waals surface area contributed by atoms with Crippen LogP contribution in [0.2, 0.25) is 0 Å². The predicted octanol–water partition coefficient (Wildman–Crippen LogP) is 3.61. The van der Waals surface area contributed by atoms with Crippen molar-refractivity contribution in [2.24, 2.45) is 0 Å². The minimum absolute atomic E-state index is 0.00457. The Bertz CT molecular complexity index is 1350. The van der Waals surface area contributed by atoms with Gasteiger partial charge in [0.1, 0.15) is 42.6 Å². The molecule has 2 atom stereocenters. The predicted molar refractivity (Wildman–Crippen MR) is 139 cm³/mol. The first kappa shape index (κ1) is 25.1. The quantitative estimate of drug-likeness (QED) is 0.354. The molecule has 0 radical (unpaired) electrons. The Morgan fingerprint density at radius 3 is 2.37 bits per heavy atom. The minimum atomic E-state index is -0.644. The van der Waals surface area contributed by atoms with Crippen LogP contribution in [0.1, 0.15) is 12.0 Å². The number of aromatic nitrogens is 3. The van der Waals surface area contributed by atoms with E-state index in [9.17, 15) is 14.0 Å². The summed E-state index contributed by atoms with van der Waals surface area (Å²) in [7, 11) is 0. The smallest absolute Gasteiger partial charge is 0.247 e. The number of nitrogens with one attached hydrogen (secondary N) is 2. The van der Waals surface area contributed by atoms with Gasteiger partial charge in [0.05, 0.1) is 0 Å². The summed E-state index contributed by atoms with van der Waals surface area (Å²) in [6.45, 7) is 1.05. The molecule has 38 heavy (non-hydrogen) atoms. The lowest BCUT2D eigenvalue weighted by molar-refractivity contribution is -0.137. The van der Waals surface area contributed by atoms with Gasteiger partial charge in [-0.25, -0.2) is 14.1 Å². The summed E-state index contributed by atoms with van der Waals surface area (Å²) in [5.41, 5.74) is 1.70. The molecule has 3 aromatic carbocycles. The Balaban J connectivity index is 1.24. The number of carbonyl (C=O) groups excluding carboxylic acids is 2. The first-order chi connectivity index (χ1) is 18.5. The lowest BCUT2D eigenvalue weighted by atomic mass is 10.1. The molecular weight excluding hydrogens is 487 g/mol. The van der Waals surface area contributed by atoms with Crippen molar-refractivity contribution in [1.82, 2.24) is 25.0 Å². The molecule has 1 saturated heterocycles. The topological polar surface area (TPSA) is 101 Å². The fourth-order valence-electron chi connectivity index (χ4n) is 4.38. The van der Waals surface area contributed by atoms with Crippen LogP contribution in [0.3, 0.4) is 0 Å². The summed E-state index contributed by atoms with van der Waals surface area (Å²) >= 11 is 0. The van der Waals surface area contributed by atoms with E-state index in [-0.39, 0.29) is 30.2 Å². The average molecular weight is 515 g/mol. The maximum atomic E-state index is 13.3. The average Bonchev–Trinajstić information content (AvgIpc) is 3.61. The van der Waals surface area contributed by atoms with Crippen LogP contribution < -0.4 is 15.4 Å². The van der Waals surface area contributed by atoms with Crippen LogP contribution in [0, 0.1) is 5.82 Å². The van der Waals surface area contributed by atoms with E-state index in [2.05, 4.69) is 20.7 Å². The van der Waals surface area contributed by atoms with Gasteiger partial charge >= 0.3 is 0 Å². The van der Waals surface area contributed by atoms with Crippen molar-refractivity contribution in [2.75, 3.05) is 11.9 Å². The maximum Gasteiger partial charge on any atom is 0.247 e. The van der Waals surface area contributed by atoms with Gasteiger partial charge in [0.2, 0.25) is 11.8 Å². The number of hydrogen-bond donors (Lipinski definition) is 2. The molecule has 9 nitrogen and oxygen atoms in total. The number of ether oxygens (including phenoxy) is 1. The molecular formula is C28H27FN6O3. The standard InChI is InChI=1S/C28H27FN6O3/c29-21-6-10-24(11-7-21)38-25-12-8-22(9-13-25)33-28(37)26-14-23(31-15-20-4-2-1-3-5-20)16-35(26)27(36)17-34-19-30-18-32-34/h1-13,18-19,23,26,31H,14-17H2,(H,33,37)/t23?,26-/m0/s1. The summed E-state index contributed by atoms with van der Waals surface area (Å²) in [6.07, 6.45) is 3.33. The molecule has 2 amide bonds. The summed E-state index contributed by atoms with van der Waals surface area (Å²) in [6, 6.07) is 21.9. The van der Waals surface area contributed by atoms with E-state index in [4.69, 9.17) is 4.74 Å². The van der Waals surface area contributed by atoms with E-state index in [1.807, 2.05) is 30.3 Å².